The average Bonchev–Trinajstić information content (AvgIpc) is 2.45. The van der Waals surface area contributed by atoms with E-state index in [4.69, 9.17) is 0 Å². The molecule has 21 heavy (non-hydrogen) atoms. The Morgan fingerprint density at radius 1 is 1.05 bits per heavy atom. The van der Waals surface area contributed by atoms with Crippen LogP contribution in [0.15, 0.2) is 53.4 Å². The Balaban J connectivity index is 2.05. The minimum absolute atomic E-state index is 0.182. The van der Waals surface area contributed by atoms with Gasteiger partial charge in [-0.1, -0.05) is 18.2 Å². The molecule has 0 saturated heterocycles. The zero-order valence-corrected chi connectivity index (χ0v) is 12.1. The number of halogens is 3. The predicted octanol–water partition coefficient (Wildman–Crippen LogP) is 4.92. The molecule has 0 spiro atoms. The highest BCUT2D eigenvalue weighted by Crippen LogP contribution is 2.27. The van der Waals surface area contributed by atoms with Crippen molar-refractivity contribution in [3.05, 3.63) is 54.1 Å². The van der Waals surface area contributed by atoms with Gasteiger partial charge >= 0.3 is 6.36 Å². The number of rotatable bonds is 5. The molecule has 0 atom stereocenters. The minimum Gasteiger partial charge on any atom is -0.405 e. The normalized spacial score (nSPS) is 11.2. The van der Waals surface area contributed by atoms with Crippen molar-refractivity contribution in [2.45, 2.75) is 17.8 Å². The third-order valence-electron chi connectivity index (χ3n) is 2.77. The number of hydrogen-bond acceptors (Lipinski definition) is 3. The van der Waals surface area contributed by atoms with Crippen LogP contribution in [0, 0.1) is 0 Å². The summed E-state index contributed by atoms with van der Waals surface area (Å²) in [6.07, 6.45) is -2.71. The molecule has 2 nitrogen and oxygen atoms in total. The Hall–Kier alpha value is -1.82. The van der Waals surface area contributed by atoms with Crippen LogP contribution in [0.4, 0.5) is 18.9 Å². The third kappa shape index (κ3) is 4.90. The van der Waals surface area contributed by atoms with E-state index in [9.17, 15) is 13.2 Å². The highest BCUT2D eigenvalue weighted by Gasteiger charge is 2.31. The zero-order chi connectivity index (χ0) is 15.3. The second-order valence-corrected chi connectivity index (χ2v) is 5.12. The van der Waals surface area contributed by atoms with Crippen molar-refractivity contribution in [1.82, 2.24) is 0 Å². The second kappa shape index (κ2) is 6.76. The molecule has 0 unspecified atom stereocenters. The van der Waals surface area contributed by atoms with Crippen LogP contribution >= 0.6 is 11.8 Å². The van der Waals surface area contributed by atoms with Crippen LogP contribution < -0.4 is 10.1 Å². The van der Waals surface area contributed by atoms with Crippen LogP contribution in [0.25, 0.3) is 0 Å². The van der Waals surface area contributed by atoms with Gasteiger partial charge in [-0.05, 0) is 36.6 Å². The maximum Gasteiger partial charge on any atom is 0.573 e. The monoisotopic (exact) mass is 313 g/mol. The number of benzene rings is 2. The molecule has 0 saturated carbocycles. The number of hydrogen-bond donors (Lipinski definition) is 1. The third-order valence-corrected chi connectivity index (χ3v) is 3.51. The van der Waals surface area contributed by atoms with Crippen LogP contribution in [-0.2, 0) is 6.54 Å². The lowest BCUT2D eigenvalue weighted by Crippen LogP contribution is -2.18. The highest BCUT2D eigenvalue weighted by atomic mass is 32.2. The molecule has 2 aromatic carbocycles. The molecule has 0 aromatic heterocycles. The van der Waals surface area contributed by atoms with Crippen LogP contribution in [-0.4, -0.2) is 12.6 Å². The quantitative estimate of drug-likeness (QED) is 0.792. The number of anilines is 1. The summed E-state index contributed by atoms with van der Waals surface area (Å²) < 4.78 is 41.0. The number of alkyl halides is 3. The second-order valence-electron chi connectivity index (χ2n) is 4.24. The summed E-state index contributed by atoms with van der Waals surface area (Å²) >= 11 is 1.63. The van der Waals surface area contributed by atoms with Gasteiger partial charge in [0.05, 0.1) is 0 Å². The summed E-state index contributed by atoms with van der Waals surface area (Å²) in [6, 6.07) is 13.8. The van der Waals surface area contributed by atoms with E-state index >= 15 is 0 Å². The molecule has 0 aliphatic carbocycles. The minimum atomic E-state index is -4.68. The SMILES string of the molecule is CSc1ccc(NCc2ccccc2OC(F)(F)F)cc1. The van der Waals surface area contributed by atoms with Crippen molar-refractivity contribution < 1.29 is 17.9 Å². The summed E-state index contributed by atoms with van der Waals surface area (Å²) in [7, 11) is 0. The van der Waals surface area contributed by atoms with Crippen molar-refractivity contribution in [3.63, 3.8) is 0 Å². The van der Waals surface area contributed by atoms with Crippen molar-refractivity contribution in [2.24, 2.45) is 0 Å². The number of thioether (sulfide) groups is 1. The number of ether oxygens (including phenoxy) is 1. The smallest absolute Gasteiger partial charge is 0.405 e. The van der Waals surface area contributed by atoms with Gasteiger partial charge in [-0.25, -0.2) is 0 Å². The Morgan fingerprint density at radius 2 is 1.71 bits per heavy atom. The summed E-state index contributed by atoms with van der Waals surface area (Å²) in [5, 5.41) is 3.08. The topological polar surface area (TPSA) is 21.3 Å². The van der Waals surface area contributed by atoms with Crippen LogP contribution in [0.3, 0.4) is 0 Å². The van der Waals surface area contributed by atoms with Crippen LogP contribution in [0.5, 0.6) is 5.75 Å². The van der Waals surface area contributed by atoms with Crippen LogP contribution in [0.1, 0.15) is 5.56 Å². The van der Waals surface area contributed by atoms with E-state index in [0.29, 0.717) is 5.56 Å². The summed E-state index contributed by atoms with van der Waals surface area (Å²) in [5.74, 6) is -0.182. The summed E-state index contributed by atoms with van der Waals surface area (Å²) in [5.41, 5.74) is 1.29. The molecule has 2 aromatic rings. The van der Waals surface area contributed by atoms with Gasteiger partial charge < -0.3 is 10.1 Å². The molecule has 0 amide bonds. The number of para-hydroxylation sites is 1. The van der Waals surface area contributed by atoms with E-state index in [2.05, 4.69) is 10.1 Å². The molecule has 112 valence electrons. The Kier molecular flexibility index (Phi) is 5.01. The first-order valence-electron chi connectivity index (χ1n) is 6.19. The van der Waals surface area contributed by atoms with Crippen molar-refractivity contribution >= 4 is 17.4 Å². The Bertz CT molecular complexity index is 584. The molecule has 0 aliphatic heterocycles. The molecular weight excluding hydrogens is 299 g/mol. The molecule has 0 aliphatic rings. The van der Waals surface area contributed by atoms with E-state index < -0.39 is 6.36 Å². The van der Waals surface area contributed by atoms with Gasteiger partial charge in [0.15, 0.2) is 0 Å². The Morgan fingerprint density at radius 3 is 2.33 bits per heavy atom. The fourth-order valence-electron chi connectivity index (χ4n) is 1.78. The first-order valence-corrected chi connectivity index (χ1v) is 7.42. The summed E-state index contributed by atoms with van der Waals surface area (Å²) in [4.78, 5) is 1.13. The average molecular weight is 313 g/mol. The van der Waals surface area contributed by atoms with Gasteiger partial charge in [0, 0.05) is 22.7 Å². The maximum absolute atomic E-state index is 12.3. The van der Waals surface area contributed by atoms with Gasteiger partial charge in [-0.15, -0.1) is 24.9 Å². The lowest BCUT2D eigenvalue weighted by Gasteiger charge is -2.14. The first kappa shape index (κ1) is 15.6. The molecule has 0 radical (unpaired) electrons. The fraction of sp³-hybridized carbons (Fsp3) is 0.200. The Labute approximate surface area is 125 Å². The van der Waals surface area contributed by atoms with Gasteiger partial charge in [0.2, 0.25) is 0 Å². The maximum atomic E-state index is 12.3. The summed E-state index contributed by atoms with van der Waals surface area (Å²) in [6.45, 7) is 0.255. The molecule has 0 fully saturated rings. The van der Waals surface area contributed by atoms with Crippen molar-refractivity contribution in [1.29, 1.82) is 0 Å². The zero-order valence-electron chi connectivity index (χ0n) is 11.3. The lowest BCUT2D eigenvalue weighted by atomic mass is 10.2. The molecule has 2 rings (SSSR count). The fourth-order valence-corrected chi connectivity index (χ4v) is 2.19. The van der Waals surface area contributed by atoms with Gasteiger partial charge in [0.25, 0.3) is 0 Å². The van der Waals surface area contributed by atoms with Gasteiger partial charge in [-0.3, -0.25) is 0 Å². The molecule has 6 heteroatoms. The number of nitrogens with one attached hydrogen (secondary N) is 1. The van der Waals surface area contributed by atoms with E-state index in [1.807, 2.05) is 30.5 Å². The standard InChI is InChI=1S/C15H14F3NOS/c1-21-13-8-6-12(7-9-13)19-10-11-4-2-3-5-14(11)20-15(16,17)18/h2-9,19H,10H2,1H3. The molecule has 0 heterocycles. The van der Waals surface area contributed by atoms with Crippen molar-refractivity contribution in [2.75, 3.05) is 11.6 Å². The van der Waals surface area contributed by atoms with E-state index in [0.717, 1.165) is 10.6 Å². The molecular formula is C15H14F3NOS. The predicted molar refractivity (Wildman–Crippen MR) is 78.7 cm³/mol. The molecule has 1 N–H and O–H groups in total. The van der Waals surface area contributed by atoms with E-state index in [1.54, 1.807) is 23.9 Å². The van der Waals surface area contributed by atoms with E-state index in [-0.39, 0.29) is 12.3 Å². The largest absolute Gasteiger partial charge is 0.573 e. The lowest BCUT2D eigenvalue weighted by molar-refractivity contribution is -0.274. The highest BCUT2D eigenvalue weighted by molar-refractivity contribution is 7.98. The van der Waals surface area contributed by atoms with Crippen molar-refractivity contribution in [3.8, 4) is 5.75 Å². The van der Waals surface area contributed by atoms with E-state index in [1.165, 1.54) is 12.1 Å². The van der Waals surface area contributed by atoms with Gasteiger partial charge in [-0.2, -0.15) is 0 Å². The van der Waals surface area contributed by atoms with Gasteiger partial charge in [0.1, 0.15) is 5.75 Å². The van der Waals surface area contributed by atoms with Crippen LogP contribution in [0.2, 0.25) is 0 Å². The molecule has 0 bridgehead atoms. The first-order chi connectivity index (χ1) is 9.98.